The number of furan rings is 1. The van der Waals surface area contributed by atoms with E-state index in [4.69, 9.17) is 9.15 Å². The Morgan fingerprint density at radius 2 is 2.04 bits per heavy atom. The molecule has 1 saturated carbocycles. The average Bonchev–Trinajstić information content (AvgIpc) is 3.33. The van der Waals surface area contributed by atoms with E-state index in [1.807, 2.05) is 24.3 Å². The number of fused-ring (bicyclic) bond motifs is 1. The van der Waals surface area contributed by atoms with Crippen molar-refractivity contribution in [1.29, 1.82) is 0 Å². The van der Waals surface area contributed by atoms with E-state index >= 15 is 0 Å². The molecule has 1 amide bonds. The van der Waals surface area contributed by atoms with Crippen LogP contribution >= 0.6 is 0 Å². The van der Waals surface area contributed by atoms with Crippen molar-refractivity contribution in [2.75, 3.05) is 39.9 Å². The van der Waals surface area contributed by atoms with E-state index in [1.54, 1.807) is 6.26 Å². The van der Waals surface area contributed by atoms with Gasteiger partial charge in [0.15, 0.2) is 0 Å². The van der Waals surface area contributed by atoms with E-state index in [0.717, 1.165) is 58.2 Å². The first-order valence-corrected chi connectivity index (χ1v) is 9.77. The second-order valence-electron chi connectivity index (χ2n) is 8.22. The first kappa shape index (κ1) is 17.1. The minimum Gasteiger partial charge on any atom is -0.472 e. The summed E-state index contributed by atoms with van der Waals surface area (Å²) in [6, 6.07) is 2.03. The van der Waals surface area contributed by atoms with Crippen LogP contribution in [0.15, 0.2) is 23.0 Å². The number of nitrogens with zero attached hydrogens (tertiary/aromatic N) is 2. The molecule has 0 radical (unpaired) electrons. The minimum absolute atomic E-state index is 0.169. The molecule has 0 spiro atoms. The first-order valence-electron chi connectivity index (χ1n) is 9.77. The van der Waals surface area contributed by atoms with Crippen LogP contribution in [-0.2, 0) is 16.1 Å². The lowest BCUT2D eigenvalue weighted by Crippen LogP contribution is -2.50. The minimum atomic E-state index is 0.169. The van der Waals surface area contributed by atoms with Crippen LogP contribution in [0.5, 0.6) is 0 Å². The summed E-state index contributed by atoms with van der Waals surface area (Å²) in [4.78, 5) is 17.1. The van der Waals surface area contributed by atoms with Crippen molar-refractivity contribution in [3.63, 3.8) is 0 Å². The summed E-state index contributed by atoms with van der Waals surface area (Å²) in [7, 11) is 1.96. The highest BCUT2D eigenvalue weighted by Gasteiger charge is 2.42. The number of hydrogen-bond acceptors (Lipinski definition) is 4. The third kappa shape index (κ3) is 4.09. The molecule has 3 heterocycles. The Labute approximate surface area is 150 Å². The molecular weight excluding hydrogens is 316 g/mol. The third-order valence-corrected chi connectivity index (χ3v) is 6.23. The van der Waals surface area contributed by atoms with Gasteiger partial charge in [-0.2, -0.15) is 0 Å². The van der Waals surface area contributed by atoms with E-state index in [2.05, 4.69) is 4.90 Å². The van der Waals surface area contributed by atoms with Crippen LogP contribution in [0.3, 0.4) is 0 Å². The summed E-state index contributed by atoms with van der Waals surface area (Å²) < 4.78 is 11.2. The summed E-state index contributed by atoms with van der Waals surface area (Å²) in [5, 5.41) is 0. The maximum atomic E-state index is 12.7. The van der Waals surface area contributed by atoms with Crippen molar-refractivity contribution in [1.82, 2.24) is 9.80 Å². The lowest BCUT2D eigenvalue weighted by atomic mass is 9.75. The lowest BCUT2D eigenvalue weighted by molar-refractivity contribution is -0.144. The summed E-state index contributed by atoms with van der Waals surface area (Å²) in [6.45, 7) is 5.55. The van der Waals surface area contributed by atoms with Gasteiger partial charge in [0, 0.05) is 44.1 Å². The van der Waals surface area contributed by atoms with E-state index in [1.165, 1.54) is 18.4 Å². The van der Waals surface area contributed by atoms with Crippen LogP contribution in [0.25, 0.3) is 0 Å². The molecule has 0 N–H and O–H groups in total. The number of rotatable bonds is 6. The molecule has 0 unspecified atom stereocenters. The Kier molecular flexibility index (Phi) is 5.13. The van der Waals surface area contributed by atoms with Gasteiger partial charge in [0.25, 0.3) is 0 Å². The molecule has 138 valence electrons. The number of likely N-dealkylation sites (tertiary alicyclic amines) is 2. The van der Waals surface area contributed by atoms with Gasteiger partial charge in [0.1, 0.15) is 0 Å². The van der Waals surface area contributed by atoms with E-state index in [-0.39, 0.29) is 5.92 Å². The molecule has 0 bridgehead atoms. The van der Waals surface area contributed by atoms with Gasteiger partial charge in [-0.05, 0) is 56.7 Å². The fraction of sp³-hybridized carbons (Fsp3) is 0.750. The van der Waals surface area contributed by atoms with Gasteiger partial charge in [0.2, 0.25) is 5.91 Å². The van der Waals surface area contributed by atoms with Gasteiger partial charge >= 0.3 is 0 Å². The van der Waals surface area contributed by atoms with Crippen molar-refractivity contribution in [3.8, 4) is 0 Å². The van der Waals surface area contributed by atoms with E-state index in [0.29, 0.717) is 17.7 Å². The molecule has 25 heavy (non-hydrogen) atoms. The maximum absolute atomic E-state index is 12.7. The first-order chi connectivity index (χ1) is 12.2. The molecule has 5 heteroatoms. The summed E-state index contributed by atoms with van der Waals surface area (Å²) in [5.41, 5.74) is 1.22. The van der Waals surface area contributed by atoms with Crippen LogP contribution in [-0.4, -0.2) is 55.6 Å². The van der Waals surface area contributed by atoms with Crippen molar-refractivity contribution in [3.05, 3.63) is 24.2 Å². The predicted octanol–water partition coefficient (Wildman–Crippen LogP) is 2.62. The number of carbonyl (C=O) groups excluding carboxylic acids is 1. The predicted molar refractivity (Wildman–Crippen MR) is 94.9 cm³/mol. The monoisotopic (exact) mass is 346 g/mol. The van der Waals surface area contributed by atoms with Crippen LogP contribution in [0.4, 0.5) is 0 Å². The second-order valence-corrected chi connectivity index (χ2v) is 8.22. The summed E-state index contributed by atoms with van der Waals surface area (Å²) in [5.74, 6) is 2.27. The van der Waals surface area contributed by atoms with Crippen molar-refractivity contribution < 1.29 is 13.9 Å². The highest BCUT2D eigenvalue weighted by molar-refractivity contribution is 5.79. The normalized spacial score (nSPS) is 31.0. The van der Waals surface area contributed by atoms with Gasteiger partial charge in [0.05, 0.1) is 19.1 Å². The average molecular weight is 346 g/mol. The van der Waals surface area contributed by atoms with Gasteiger partial charge in [-0.15, -0.1) is 0 Å². The molecular formula is C20H30N2O3. The van der Waals surface area contributed by atoms with Gasteiger partial charge in [-0.25, -0.2) is 0 Å². The SMILES string of the molecule is CN1C[C@@H](COCC2CC2)[C@H]2CCN(Cc3ccoc3)CC[C@H]2C1=O. The van der Waals surface area contributed by atoms with Crippen molar-refractivity contribution >= 4 is 5.91 Å². The van der Waals surface area contributed by atoms with Crippen molar-refractivity contribution in [2.24, 2.45) is 23.7 Å². The van der Waals surface area contributed by atoms with Crippen LogP contribution < -0.4 is 0 Å². The Morgan fingerprint density at radius 3 is 2.80 bits per heavy atom. The quantitative estimate of drug-likeness (QED) is 0.794. The highest BCUT2D eigenvalue weighted by Crippen LogP contribution is 2.37. The molecule has 0 aromatic carbocycles. The number of ether oxygens (including phenoxy) is 1. The third-order valence-electron chi connectivity index (χ3n) is 6.23. The molecule has 3 atom stereocenters. The second kappa shape index (κ2) is 7.50. The van der Waals surface area contributed by atoms with Crippen LogP contribution in [0, 0.1) is 23.7 Å². The molecule has 2 saturated heterocycles. The Bertz CT molecular complexity index is 570. The van der Waals surface area contributed by atoms with Crippen LogP contribution in [0.2, 0.25) is 0 Å². The van der Waals surface area contributed by atoms with E-state index < -0.39 is 0 Å². The Hall–Kier alpha value is -1.33. The molecule has 5 nitrogen and oxygen atoms in total. The zero-order valence-electron chi connectivity index (χ0n) is 15.2. The topological polar surface area (TPSA) is 45.9 Å². The molecule has 1 aromatic rings. The fourth-order valence-electron chi connectivity index (χ4n) is 4.56. The maximum Gasteiger partial charge on any atom is 0.225 e. The summed E-state index contributed by atoms with van der Waals surface area (Å²) in [6.07, 6.45) is 8.28. The molecule has 4 rings (SSSR count). The largest absolute Gasteiger partial charge is 0.472 e. The molecule has 3 fully saturated rings. The molecule has 3 aliphatic rings. The number of hydrogen-bond donors (Lipinski definition) is 0. The molecule has 2 aliphatic heterocycles. The highest BCUT2D eigenvalue weighted by atomic mass is 16.5. The zero-order chi connectivity index (χ0) is 17.2. The summed E-state index contributed by atoms with van der Waals surface area (Å²) >= 11 is 0. The van der Waals surface area contributed by atoms with Crippen molar-refractivity contribution in [2.45, 2.75) is 32.2 Å². The lowest BCUT2D eigenvalue weighted by Gasteiger charge is -2.41. The zero-order valence-corrected chi connectivity index (χ0v) is 15.2. The molecule has 1 aromatic heterocycles. The van der Waals surface area contributed by atoms with Gasteiger partial charge < -0.3 is 14.1 Å². The standard InChI is InChI=1S/C20H30N2O3/c1-21-11-17(14-25-12-15-2-3-15)18-4-7-22(8-5-19(18)20(21)23)10-16-6-9-24-13-16/h6,9,13,15,17-19H,2-5,7-8,10-12,14H2,1H3/t17-,18+,19+/m0/s1. The number of amides is 1. The Morgan fingerprint density at radius 1 is 1.20 bits per heavy atom. The fourth-order valence-corrected chi connectivity index (χ4v) is 4.56. The number of carbonyl (C=O) groups is 1. The van der Waals surface area contributed by atoms with Gasteiger partial charge in [-0.3, -0.25) is 9.69 Å². The van der Waals surface area contributed by atoms with E-state index in [9.17, 15) is 4.79 Å². The number of piperidine rings is 1. The Balaban J connectivity index is 1.38. The molecule has 1 aliphatic carbocycles. The van der Waals surface area contributed by atoms with Crippen LogP contribution in [0.1, 0.15) is 31.2 Å². The smallest absolute Gasteiger partial charge is 0.225 e. The van der Waals surface area contributed by atoms with Gasteiger partial charge in [-0.1, -0.05) is 0 Å².